The minimum atomic E-state index is 0.00383. The number of nitrogens with zero attached hydrogens (tertiary/aromatic N) is 5. The van der Waals surface area contributed by atoms with Crippen LogP contribution in [0.15, 0.2) is 60.9 Å². The Hall–Kier alpha value is -3.87. The van der Waals surface area contributed by atoms with Gasteiger partial charge in [-0.3, -0.25) is 14.2 Å². The number of hydrogen-bond donors (Lipinski definition) is 0. The first kappa shape index (κ1) is 20.1. The Kier molecular flexibility index (Phi) is 5.01. The lowest BCUT2D eigenvalue weighted by molar-refractivity contribution is 0.0763. The van der Waals surface area contributed by atoms with Gasteiger partial charge in [-0.2, -0.15) is 10.2 Å². The summed E-state index contributed by atoms with van der Waals surface area (Å²) >= 11 is 0. The molecule has 0 fully saturated rings. The van der Waals surface area contributed by atoms with Gasteiger partial charge in [0.2, 0.25) is 0 Å². The number of carbonyl (C=O) groups excluding carboxylic acids is 1. The topological polar surface area (TPSA) is 65.2 Å². The molecule has 4 aromatic rings. The van der Waals surface area contributed by atoms with Crippen molar-refractivity contribution in [3.8, 4) is 16.9 Å². The molecule has 1 amide bonds. The van der Waals surface area contributed by atoms with E-state index in [1.54, 1.807) is 4.68 Å². The van der Waals surface area contributed by atoms with Crippen LogP contribution in [0.5, 0.6) is 5.75 Å². The average molecular weight is 428 g/mol. The van der Waals surface area contributed by atoms with Crippen LogP contribution in [0, 0.1) is 6.92 Å². The third-order valence-electron chi connectivity index (χ3n) is 5.88. The second-order valence-corrected chi connectivity index (χ2v) is 8.24. The summed E-state index contributed by atoms with van der Waals surface area (Å²) in [5.41, 5.74) is 6.85. The number of carbonyl (C=O) groups is 1. The van der Waals surface area contributed by atoms with Crippen molar-refractivity contribution < 1.29 is 9.53 Å². The largest absolute Gasteiger partial charge is 0.486 e. The Morgan fingerprint density at radius 2 is 1.88 bits per heavy atom. The summed E-state index contributed by atoms with van der Waals surface area (Å²) in [6, 6.07) is 16.1. The molecule has 0 saturated carbocycles. The minimum Gasteiger partial charge on any atom is -0.486 e. The van der Waals surface area contributed by atoms with E-state index in [9.17, 15) is 4.79 Å². The molecular formula is C25H25N5O2. The molecular weight excluding hydrogens is 402 g/mol. The first-order chi connectivity index (χ1) is 15.5. The fraction of sp³-hybridized carbons (Fsp3) is 0.240. The van der Waals surface area contributed by atoms with Crippen molar-refractivity contribution in [1.82, 2.24) is 24.5 Å². The second kappa shape index (κ2) is 8.00. The molecule has 1 aliphatic heterocycles. The summed E-state index contributed by atoms with van der Waals surface area (Å²) in [5.74, 6) is 0.620. The van der Waals surface area contributed by atoms with Crippen molar-refractivity contribution in [2.24, 2.45) is 14.1 Å². The first-order valence-corrected chi connectivity index (χ1v) is 10.6. The van der Waals surface area contributed by atoms with E-state index in [0.717, 1.165) is 33.6 Å². The minimum absolute atomic E-state index is 0.00383. The maximum atomic E-state index is 13.2. The SMILES string of the molecule is Cc1cc(COc2cccc3c2C(=O)N(Cc2ccc(-c4cnn(C)c4)cc2)C3)nn1C. The van der Waals surface area contributed by atoms with Crippen LogP contribution in [0.4, 0.5) is 0 Å². The van der Waals surface area contributed by atoms with Crippen LogP contribution in [0.2, 0.25) is 0 Å². The van der Waals surface area contributed by atoms with E-state index in [2.05, 4.69) is 34.5 Å². The van der Waals surface area contributed by atoms with E-state index in [-0.39, 0.29) is 5.91 Å². The van der Waals surface area contributed by atoms with Crippen LogP contribution in [0.1, 0.15) is 32.9 Å². The maximum Gasteiger partial charge on any atom is 0.258 e. The van der Waals surface area contributed by atoms with E-state index in [1.807, 2.05) is 67.3 Å². The highest BCUT2D eigenvalue weighted by Gasteiger charge is 2.30. The van der Waals surface area contributed by atoms with Crippen LogP contribution >= 0.6 is 0 Å². The number of benzene rings is 2. The van der Waals surface area contributed by atoms with Crippen molar-refractivity contribution in [3.05, 3.63) is 89.0 Å². The molecule has 0 saturated heterocycles. The van der Waals surface area contributed by atoms with Gasteiger partial charge in [-0.1, -0.05) is 36.4 Å². The first-order valence-electron chi connectivity index (χ1n) is 10.6. The van der Waals surface area contributed by atoms with Crippen molar-refractivity contribution in [1.29, 1.82) is 0 Å². The summed E-state index contributed by atoms with van der Waals surface area (Å²) in [6.07, 6.45) is 3.84. The summed E-state index contributed by atoms with van der Waals surface area (Å²) in [5, 5.41) is 8.66. The van der Waals surface area contributed by atoms with E-state index in [1.165, 1.54) is 0 Å². The molecule has 32 heavy (non-hydrogen) atoms. The average Bonchev–Trinajstić information content (AvgIpc) is 3.45. The highest BCUT2D eigenvalue weighted by molar-refractivity contribution is 6.01. The van der Waals surface area contributed by atoms with Crippen molar-refractivity contribution in [2.75, 3.05) is 0 Å². The molecule has 7 nitrogen and oxygen atoms in total. The molecule has 0 aliphatic carbocycles. The molecule has 0 bridgehead atoms. The molecule has 1 aliphatic rings. The van der Waals surface area contributed by atoms with Crippen LogP contribution in [0.3, 0.4) is 0 Å². The molecule has 5 rings (SSSR count). The number of amides is 1. The predicted octanol–water partition coefficient (Wildman–Crippen LogP) is 3.86. The van der Waals surface area contributed by atoms with Crippen LogP contribution in [-0.2, 0) is 33.8 Å². The zero-order chi connectivity index (χ0) is 22.2. The van der Waals surface area contributed by atoms with Gasteiger partial charge >= 0.3 is 0 Å². The number of fused-ring (bicyclic) bond motifs is 1. The highest BCUT2D eigenvalue weighted by Crippen LogP contribution is 2.32. The van der Waals surface area contributed by atoms with Gasteiger partial charge in [0.15, 0.2) is 0 Å². The molecule has 0 radical (unpaired) electrons. The van der Waals surface area contributed by atoms with Gasteiger partial charge in [0.1, 0.15) is 18.1 Å². The second-order valence-electron chi connectivity index (χ2n) is 8.24. The highest BCUT2D eigenvalue weighted by atomic mass is 16.5. The zero-order valence-corrected chi connectivity index (χ0v) is 18.4. The van der Waals surface area contributed by atoms with Gasteiger partial charge in [-0.05, 0) is 35.7 Å². The summed E-state index contributed by atoms with van der Waals surface area (Å²) in [6.45, 7) is 3.47. The van der Waals surface area contributed by atoms with Gasteiger partial charge in [0.25, 0.3) is 5.91 Å². The molecule has 0 unspecified atom stereocenters. The maximum absolute atomic E-state index is 13.2. The van der Waals surface area contributed by atoms with Gasteiger partial charge in [-0.25, -0.2) is 0 Å². The van der Waals surface area contributed by atoms with Crippen molar-refractivity contribution in [2.45, 2.75) is 26.6 Å². The fourth-order valence-corrected chi connectivity index (χ4v) is 4.09. The molecule has 7 heteroatoms. The molecule has 2 aromatic heterocycles. The van der Waals surface area contributed by atoms with Gasteiger partial charge in [0.05, 0.1) is 11.8 Å². The van der Waals surface area contributed by atoms with E-state index in [0.29, 0.717) is 31.0 Å². The van der Waals surface area contributed by atoms with E-state index < -0.39 is 0 Å². The van der Waals surface area contributed by atoms with Crippen molar-refractivity contribution >= 4 is 5.91 Å². The van der Waals surface area contributed by atoms with Crippen LogP contribution in [-0.4, -0.2) is 30.4 Å². The predicted molar refractivity (Wildman–Crippen MR) is 121 cm³/mol. The quantitative estimate of drug-likeness (QED) is 0.469. The Labute approximate surface area is 186 Å². The summed E-state index contributed by atoms with van der Waals surface area (Å²) in [4.78, 5) is 15.1. The summed E-state index contributed by atoms with van der Waals surface area (Å²) < 4.78 is 9.62. The Morgan fingerprint density at radius 3 is 2.56 bits per heavy atom. The van der Waals surface area contributed by atoms with Crippen LogP contribution < -0.4 is 4.74 Å². The van der Waals surface area contributed by atoms with Gasteiger partial charge < -0.3 is 9.64 Å². The molecule has 0 N–H and O–H groups in total. The Morgan fingerprint density at radius 1 is 1.06 bits per heavy atom. The number of ether oxygens (including phenoxy) is 1. The molecule has 162 valence electrons. The third kappa shape index (κ3) is 3.77. The smallest absolute Gasteiger partial charge is 0.258 e. The van der Waals surface area contributed by atoms with Gasteiger partial charge in [0, 0.05) is 44.6 Å². The lowest BCUT2D eigenvalue weighted by atomic mass is 10.1. The normalized spacial score (nSPS) is 13.0. The number of aromatic nitrogens is 4. The molecule has 2 aromatic carbocycles. The molecule has 0 atom stereocenters. The third-order valence-corrected chi connectivity index (χ3v) is 5.88. The monoisotopic (exact) mass is 427 g/mol. The van der Waals surface area contributed by atoms with Crippen LogP contribution in [0.25, 0.3) is 11.1 Å². The molecule has 3 heterocycles. The van der Waals surface area contributed by atoms with E-state index in [4.69, 9.17) is 4.74 Å². The lowest BCUT2D eigenvalue weighted by Gasteiger charge is -2.16. The Bertz CT molecular complexity index is 1270. The zero-order valence-electron chi connectivity index (χ0n) is 18.4. The standard InChI is InChI=1S/C25H25N5O2/c1-17-11-22(27-29(17)3)16-32-23-6-4-5-20-15-30(25(31)24(20)23)13-18-7-9-19(10-8-18)21-12-26-28(2)14-21/h4-12,14H,13,15-16H2,1-3H3. The van der Waals surface area contributed by atoms with Gasteiger partial charge in [-0.15, -0.1) is 0 Å². The number of hydrogen-bond acceptors (Lipinski definition) is 4. The number of rotatable bonds is 6. The summed E-state index contributed by atoms with van der Waals surface area (Å²) in [7, 11) is 3.81. The Balaban J connectivity index is 1.29. The lowest BCUT2D eigenvalue weighted by Crippen LogP contribution is -2.23. The van der Waals surface area contributed by atoms with Crippen molar-refractivity contribution in [3.63, 3.8) is 0 Å². The molecule has 0 spiro atoms. The van der Waals surface area contributed by atoms with E-state index >= 15 is 0 Å². The number of aryl methyl sites for hydroxylation is 3. The fourth-order valence-electron chi connectivity index (χ4n) is 4.09.